The van der Waals surface area contributed by atoms with Crippen LogP contribution in [0.1, 0.15) is 16.9 Å². The summed E-state index contributed by atoms with van der Waals surface area (Å²) in [6.07, 6.45) is 8.79. The van der Waals surface area contributed by atoms with Crippen molar-refractivity contribution in [3.63, 3.8) is 0 Å². The smallest absolute Gasteiger partial charge is 0.274 e. The Morgan fingerprint density at radius 3 is 2.75 bits per heavy atom. The number of amides is 2. The van der Waals surface area contributed by atoms with E-state index in [2.05, 4.69) is 15.0 Å². The van der Waals surface area contributed by atoms with Gasteiger partial charge in [0, 0.05) is 38.2 Å². The van der Waals surface area contributed by atoms with Crippen LogP contribution < -0.4 is 4.90 Å². The van der Waals surface area contributed by atoms with Crippen LogP contribution in [0.5, 0.6) is 0 Å². The largest absolute Gasteiger partial charge is 0.336 e. The van der Waals surface area contributed by atoms with Crippen molar-refractivity contribution in [3.05, 3.63) is 48.8 Å². The highest BCUT2D eigenvalue weighted by Crippen LogP contribution is 2.34. The highest BCUT2D eigenvalue weighted by molar-refractivity contribution is 5.98. The molecule has 2 fully saturated rings. The number of carbonyl (C=O) groups excluding carboxylic acids is 2. The Bertz CT molecular complexity index is 752. The van der Waals surface area contributed by atoms with Gasteiger partial charge in [-0.3, -0.25) is 19.6 Å². The normalized spacial score (nSPS) is 23.2. The zero-order valence-corrected chi connectivity index (χ0v) is 13.1. The van der Waals surface area contributed by atoms with Gasteiger partial charge in [-0.15, -0.1) is 0 Å². The first kappa shape index (κ1) is 14.7. The summed E-state index contributed by atoms with van der Waals surface area (Å²) in [5.74, 6) is -0.0162. The molecule has 122 valence electrons. The van der Waals surface area contributed by atoms with Gasteiger partial charge in [0.05, 0.1) is 24.0 Å². The number of aromatic nitrogens is 3. The standard InChI is InChI=1S/C17H17N5O2/c23-16-14-11-21(17(24)15-9-19-5-6-20-15)10-12(14)3-7-22(16)13-2-1-4-18-8-13/h1-2,4-6,8-9,12,14H,3,7,10-11H2/t12-,14+/m0/s1. The molecule has 0 unspecified atom stereocenters. The lowest BCUT2D eigenvalue weighted by molar-refractivity contribution is -0.124. The zero-order valence-electron chi connectivity index (χ0n) is 13.1. The first-order chi connectivity index (χ1) is 11.7. The number of likely N-dealkylation sites (tertiary alicyclic amines) is 1. The van der Waals surface area contributed by atoms with E-state index in [1.54, 1.807) is 22.2 Å². The fourth-order valence-corrected chi connectivity index (χ4v) is 3.56. The van der Waals surface area contributed by atoms with Crippen LogP contribution >= 0.6 is 0 Å². The number of hydrogen-bond donors (Lipinski definition) is 0. The van der Waals surface area contributed by atoms with Crippen LogP contribution in [-0.2, 0) is 4.79 Å². The van der Waals surface area contributed by atoms with Crippen LogP contribution in [-0.4, -0.2) is 51.3 Å². The molecule has 7 nitrogen and oxygen atoms in total. The second kappa shape index (κ2) is 5.99. The van der Waals surface area contributed by atoms with E-state index in [0.717, 1.165) is 12.1 Å². The molecule has 4 rings (SSSR count). The maximum atomic E-state index is 12.8. The highest BCUT2D eigenvalue weighted by atomic mass is 16.2. The molecular weight excluding hydrogens is 306 g/mol. The fourth-order valence-electron chi connectivity index (χ4n) is 3.56. The number of nitrogens with zero attached hydrogens (tertiary/aromatic N) is 5. The lowest BCUT2D eigenvalue weighted by atomic mass is 9.88. The van der Waals surface area contributed by atoms with Crippen molar-refractivity contribution in [3.8, 4) is 0 Å². The number of anilines is 1. The summed E-state index contributed by atoms with van der Waals surface area (Å²) in [6, 6.07) is 3.72. The predicted molar refractivity (Wildman–Crippen MR) is 86.1 cm³/mol. The Balaban J connectivity index is 1.51. The molecule has 0 bridgehead atoms. The Labute approximate surface area is 139 Å². The van der Waals surface area contributed by atoms with Gasteiger partial charge in [-0.2, -0.15) is 0 Å². The number of piperidine rings is 1. The first-order valence-electron chi connectivity index (χ1n) is 8.01. The molecule has 2 amide bonds. The van der Waals surface area contributed by atoms with Gasteiger partial charge < -0.3 is 9.80 Å². The maximum Gasteiger partial charge on any atom is 0.274 e. The zero-order chi connectivity index (χ0) is 16.5. The summed E-state index contributed by atoms with van der Waals surface area (Å²) in [7, 11) is 0. The lowest BCUT2D eigenvalue weighted by Gasteiger charge is -2.33. The molecule has 2 saturated heterocycles. The summed E-state index contributed by atoms with van der Waals surface area (Å²) in [6.45, 7) is 1.71. The molecule has 0 radical (unpaired) electrons. The Morgan fingerprint density at radius 1 is 1.12 bits per heavy atom. The van der Waals surface area contributed by atoms with Crippen LogP contribution in [0.25, 0.3) is 0 Å². The third-order valence-corrected chi connectivity index (χ3v) is 4.77. The first-order valence-corrected chi connectivity index (χ1v) is 8.01. The molecule has 0 aromatic carbocycles. The highest BCUT2D eigenvalue weighted by Gasteiger charge is 2.44. The van der Waals surface area contributed by atoms with Gasteiger partial charge in [-0.25, -0.2) is 4.98 Å². The second-order valence-corrected chi connectivity index (χ2v) is 6.16. The van der Waals surface area contributed by atoms with Crippen molar-refractivity contribution in [1.29, 1.82) is 0 Å². The molecule has 4 heterocycles. The fraction of sp³-hybridized carbons (Fsp3) is 0.353. The maximum absolute atomic E-state index is 12.8. The van der Waals surface area contributed by atoms with Crippen molar-refractivity contribution in [2.45, 2.75) is 6.42 Å². The number of carbonyl (C=O) groups is 2. The molecule has 7 heteroatoms. The third-order valence-electron chi connectivity index (χ3n) is 4.77. The summed E-state index contributed by atoms with van der Waals surface area (Å²) in [5, 5.41) is 0. The summed E-state index contributed by atoms with van der Waals surface area (Å²) >= 11 is 0. The van der Waals surface area contributed by atoms with Crippen molar-refractivity contribution < 1.29 is 9.59 Å². The average Bonchev–Trinajstić information content (AvgIpc) is 3.08. The predicted octanol–water partition coefficient (Wildman–Crippen LogP) is 0.997. The van der Waals surface area contributed by atoms with E-state index < -0.39 is 0 Å². The van der Waals surface area contributed by atoms with Gasteiger partial charge in [-0.1, -0.05) is 0 Å². The molecule has 24 heavy (non-hydrogen) atoms. The Morgan fingerprint density at radius 2 is 2.00 bits per heavy atom. The van der Waals surface area contributed by atoms with E-state index >= 15 is 0 Å². The monoisotopic (exact) mass is 323 g/mol. The van der Waals surface area contributed by atoms with Crippen LogP contribution in [0.4, 0.5) is 5.69 Å². The summed E-state index contributed by atoms with van der Waals surface area (Å²) in [4.78, 5) is 41.0. The molecule has 2 aliphatic heterocycles. The SMILES string of the molecule is O=C(c1cnccn1)N1C[C@@H]2CCN(c3cccnc3)C(=O)[C@@H]2C1. The van der Waals surface area contributed by atoms with E-state index in [-0.39, 0.29) is 23.7 Å². The van der Waals surface area contributed by atoms with Gasteiger partial charge in [0.15, 0.2) is 0 Å². The van der Waals surface area contributed by atoms with E-state index in [9.17, 15) is 9.59 Å². The molecule has 2 aromatic rings. The van der Waals surface area contributed by atoms with Crippen LogP contribution in [0.2, 0.25) is 0 Å². The topological polar surface area (TPSA) is 79.3 Å². The van der Waals surface area contributed by atoms with Crippen molar-refractivity contribution in [2.75, 3.05) is 24.5 Å². The molecule has 0 spiro atoms. The summed E-state index contributed by atoms with van der Waals surface area (Å²) in [5.41, 5.74) is 1.15. The Kier molecular flexibility index (Phi) is 3.68. The summed E-state index contributed by atoms with van der Waals surface area (Å²) < 4.78 is 0. The molecule has 2 aliphatic rings. The van der Waals surface area contributed by atoms with Crippen molar-refractivity contribution in [2.24, 2.45) is 11.8 Å². The van der Waals surface area contributed by atoms with E-state index in [1.165, 1.54) is 18.6 Å². The Hall–Kier alpha value is -2.83. The van der Waals surface area contributed by atoms with Crippen molar-refractivity contribution >= 4 is 17.5 Å². The molecule has 2 aromatic heterocycles. The molecule has 0 aliphatic carbocycles. The second-order valence-electron chi connectivity index (χ2n) is 6.16. The van der Waals surface area contributed by atoms with E-state index in [0.29, 0.717) is 25.3 Å². The number of pyridine rings is 1. The minimum atomic E-state index is -0.154. The van der Waals surface area contributed by atoms with Gasteiger partial charge in [0.1, 0.15) is 5.69 Å². The van der Waals surface area contributed by atoms with Crippen LogP contribution in [0, 0.1) is 11.8 Å². The number of hydrogen-bond acceptors (Lipinski definition) is 5. The minimum absolute atomic E-state index is 0.0775. The molecular formula is C17H17N5O2. The number of fused-ring (bicyclic) bond motifs is 1. The van der Waals surface area contributed by atoms with Crippen molar-refractivity contribution in [1.82, 2.24) is 19.9 Å². The molecule has 0 saturated carbocycles. The average molecular weight is 323 g/mol. The number of rotatable bonds is 2. The van der Waals surface area contributed by atoms with Gasteiger partial charge in [0.2, 0.25) is 5.91 Å². The van der Waals surface area contributed by atoms with Gasteiger partial charge in [-0.05, 0) is 24.5 Å². The van der Waals surface area contributed by atoms with Gasteiger partial charge in [0.25, 0.3) is 5.91 Å². The third kappa shape index (κ3) is 2.51. The minimum Gasteiger partial charge on any atom is -0.336 e. The quantitative estimate of drug-likeness (QED) is 0.824. The van der Waals surface area contributed by atoms with E-state index in [1.807, 2.05) is 12.1 Å². The van der Waals surface area contributed by atoms with E-state index in [4.69, 9.17) is 0 Å². The van der Waals surface area contributed by atoms with Gasteiger partial charge >= 0.3 is 0 Å². The van der Waals surface area contributed by atoms with Crippen LogP contribution in [0.3, 0.4) is 0 Å². The molecule has 2 atom stereocenters. The van der Waals surface area contributed by atoms with Crippen LogP contribution in [0.15, 0.2) is 43.1 Å². The lowest BCUT2D eigenvalue weighted by Crippen LogP contribution is -2.45. The molecule has 0 N–H and O–H groups in total.